The molecule has 0 atom stereocenters. The molecule has 0 unspecified atom stereocenters. The molecule has 39 heavy (non-hydrogen) atoms. The van der Waals surface area contributed by atoms with Crippen LogP contribution in [0.2, 0.25) is 5.02 Å². The van der Waals surface area contributed by atoms with Crippen LogP contribution in [0.1, 0.15) is 23.6 Å². The molecule has 1 aliphatic rings. The number of hydrogen-bond acceptors (Lipinski definition) is 7. The quantitative estimate of drug-likeness (QED) is 0.289. The predicted molar refractivity (Wildman–Crippen MR) is 155 cm³/mol. The molecule has 8 nitrogen and oxygen atoms in total. The summed E-state index contributed by atoms with van der Waals surface area (Å²) in [6, 6.07) is 18.9. The van der Waals surface area contributed by atoms with E-state index in [1.54, 1.807) is 18.2 Å². The highest BCUT2D eigenvalue weighted by Gasteiger charge is 2.29. The van der Waals surface area contributed by atoms with Gasteiger partial charge < -0.3 is 9.80 Å². The number of anilines is 2. The molecule has 0 spiro atoms. The van der Waals surface area contributed by atoms with E-state index in [1.165, 1.54) is 21.3 Å². The number of sulfone groups is 1. The van der Waals surface area contributed by atoms with Gasteiger partial charge in [-0.25, -0.2) is 13.4 Å². The summed E-state index contributed by atoms with van der Waals surface area (Å²) >= 11 is 6.40. The van der Waals surface area contributed by atoms with Crippen molar-refractivity contribution in [1.82, 2.24) is 19.8 Å². The summed E-state index contributed by atoms with van der Waals surface area (Å²) in [5, 5.41) is 9.55. The van der Waals surface area contributed by atoms with Crippen LogP contribution in [0.25, 0.3) is 16.6 Å². The summed E-state index contributed by atoms with van der Waals surface area (Å²) in [6.45, 7) is 9.34. The van der Waals surface area contributed by atoms with Gasteiger partial charge in [0.15, 0.2) is 5.65 Å². The molecule has 1 aliphatic heterocycles. The van der Waals surface area contributed by atoms with Crippen molar-refractivity contribution in [2.45, 2.75) is 37.1 Å². The van der Waals surface area contributed by atoms with Gasteiger partial charge in [-0.3, -0.25) is 0 Å². The zero-order valence-electron chi connectivity index (χ0n) is 22.1. The van der Waals surface area contributed by atoms with Crippen LogP contribution < -0.4 is 9.80 Å². The Morgan fingerprint density at radius 3 is 2.33 bits per heavy atom. The fourth-order valence-electron chi connectivity index (χ4n) is 5.20. The van der Waals surface area contributed by atoms with Crippen LogP contribution in [-0.2, 0) is 16.3 Å². The normalized spacial score (nSPS) is 14.5. The van der Waals surface area contributed by atoms with Crippen LogP contribution >= 0.6 is 11.6 Å². The van der Waals surface area contributed by atoms with Crippen molar-refractivity contribution < 1.29 is 8.42 Å². The number of fused-ring (bicyclic) bond motifs is 3. The first kappa shape index (κ1) is 25.6. The summed E-state index contributed by atoms with van der Waals surface area (Å²) in [4.78, 5) is 9.65. The molecule has 6 rings (SSSR count). The topological polar surface area (TPSA) is 83.7 Å². The van der Waals surface area contributed by atoms with Crippen LogP contribution in [0.5, 0.6) is 0 Å². The van der Waals surface area contributed by atoms with Gasteiger partial charge >= 0.3 is 0 Å². The van der Waals surface area contributed by atoms with Crippen LogP contribution in [-0.4, -0.2) is 54.4 Å². The van der Waals surface area contributed by atoms with Gasteiger partial charge in [0.05, 0.1) is 10.4 Å². The van der Waals surface area contributed by atoms with Crippen molar-refractivity contribution in [2.24, 2.45) is 0 Å². The van der Waals surface area contributed by atoms with E-state index in [1.807, 2.05) is 31.2 Å². The van der Waals surface area contributed by atoms with E-state index in [0.29, 0.717) is 16.4 Å². The van der Waals surface area contributed by atoms with Gasteiger partial charge in [-0.2, -0.15) is 4.52 Å². The van der Waals surface area contributed by atoms with E-state index in [2.05, 4.69) is 52.2 Å². The summed E-state index contributed by atoms with van der Waals surface area (Å²) < 4.78 is 28.8. The van der Waals surface area contributed by atoms with Crippen molar-refractivity contribution in [3.8, 4) is 0 Å². The van der Waals surface area contributed by atoms with Crippen LogP contribution in [0, 0.1) is 13.8 Å². The molecule has 10 heteroatoms. The Balaban J connectivity index is 1.43. The first-order chi connectivity index (χ1) is 18.8. The van der Waals surface area contributed by atoms with Crippen molar-refractivity contribution in [1.29, 1.82) is 0 Å². The number of nitrogens with zero attached hydrogens (tertiary/aromatic N) is 6. The molecule has 200 valence electrons. The van der Waals surface area contributed by atoms with E-state index in [-0.39, 0.29) is 15.6 Å². The fourth-order valence-corrected chi connectivity index (χ4v) is 6.61. The first-order valence-corrected chi connectivity index (χ1v) is 14.9. The highest BCUT2D eigenvalue weighted by molar-refractivity contribution is 7.91. The predicted octanol–water partition coefficient (Wildman–Crippen LogP) is 5.27. The van der Waals surface area contributed by atoms with E-state index < -0.39 is 9.84 Å². The average Bonchev–Trinajstić information content (AvgIpc) is 3.39. The molecular weight excluding hydrogens is 532 g/mol. The van der Waals surface area contributed by atoms with Gasteiger partial charge in [-0.05, 0) is 73.4 Å². The highest BCUT2D eigenvalue weighted by atomic mass is 35.5. The number of rotatable bonds is 5. The maximum absolute atomic E-state index is 13.6. The number of hydrogen-bond donors (Lipinski definition) is 0. The zero-order chi connectivity index (χ0) is 27.3. The minimum Gasteiger partial charge on any atom is -0.368 e. The SMILES string of the molecule is CCc1ccc(S(=O)(=O)c2nnn3c2nc(N2CCN(c4cc(C)ccc4C)CC2)c2cc(Cl)ccc23)cc1. The number of piperazine rings is 1. The molecule has 2 aromatic heterocycles. The lowest BCUT2D eigenvalue weighted by atomic mass is 10.1. The van der Waals surface area contributed by atoms with E-state index in [0.717, 1.165) is 43.5 Å². The molecule has 5 aromatic rings. The Morgan fingerprint density at radius 2 is 1.62 bits per heavy atom. The standard InChI is InChI=1S/C29H29ClN6O2S/c1-4-21-7-10-23(11-8-21)39(37,38)29-28-31-27(24-18-22(30)9-12-25(24)36(28)33-32-29)35-15-13-34(14-16-35)26-17-19(2)5-6-20(26)3/h5-12,17-18H,4,13-16H2,1-3H3. The van der Waals surface area contributed by atoms with Crippen molar-refractivity contribution in [2.75, 3.05) is 36.0 Å². The number of aromatic nitrogens is 4. The maximum atomic E-state index is 13.6. The third kappa shape index (κ3) is 4.49. The molecular formula is C29H29ClN6O2S. The van der Waals surface area contributed by atoms with Crippen molar-refractivity contribution in [3.05, 3.63) is 82.4 Å². The molecule has 1 fully saturated rings. The molecule has 3 aromatic carbocycles. The monoisotopic (exact) mass is 560 g/mol. The third-order valence-corrected chi connectivity index (χ3v) is 9.34. The second kappa shape index (κ2) is 9.81. The number of halogens is 1. The van der Waals surface area contributed by atoms with Gasteiger partial charge in [-0.1, -0.05) is 48.0 Å². The van der Waals surface area contributed by atoms with Gasteiger partial charge in [0, 0.05) is 42.3 Å². The van der Waals surface area contributed by atoms with Gasteiger partial charge in [0.25, 0.3) is 0 Å². The lowest BCUT2D eigenvalue weighted by Crippen LogP contribution is -2.47. The molecule has 0 saturated carbocycles. The average molecular weight is 561 g/mol. The fraction of sp³-hybridized carbons (Fsp3) is 0.276. The molecule has 1 saturated heterocycles. The summed E-state index contributed by atoms with van der Waals surface area (Å²) in [5.41, 5.74) is 5.69. The maximum Gasteiger partial charge on any atom is 0.229 e. The molecule has 0 aliphatic carbocycles. The van der Waals surface area contributed by atoms with Crippen LogP contribution in [0.4, 0.5) is 11.5 Å². The lowest BCUT2D eigenvalue weighted by Gasteiger charge is -2.38. The molecule has 0 bridgehead atoms. The number of benzene rings is 3. The summed E-state index contributed by atoms with van der Waals surface area (Å²) in [7, 11) is -3.93. The second-order valence-corrected chi connectivity index (χ2v) is 12.3. The smallest absolute Gasteiger partial charge is 0.229 e. The molecule has 0 N–H and O–H groups in total. The van der Waals surface area contributed by atoms with Crippen molar-refractivity contribution in [3.63, 3.8) is 0 Å². The number of aryl methyl sites for hydroxylation is 3. The molecule has 3 heterocycles. The van der Waals surface area contributed by atoms with E-state index >= 15 is 0 Å². The Kier molecular flexibility index (Phi) is 6.43. The zero-order valence-corrected chi connectivity index (χ0v) is 23.7. The summed E-state index contributed by atoms with van der Waals surface area (Å²) in [6.07, 6.45) is 0.825. The Hall–Kier alpha value is -3.69. The highest BCUT2D eigenvalue weighted by Crippen LogP contribution is 2.33. The summed E-state index contributed by atoms with van der Waals surface area (Å²) in [5.74, 6) is 0.681. The minimum absolute atomic E-state index is 0.154. The van der Waals surface area contributed by atoms with E-state index in [9.17, 15) is 8.42 Å². The Morgan fingerprint density at radius 1 is 0.897 bits per heavy atom. The van der Waals surface area contributed by atoms with Crippen LogP contribution in [0.15, 0.2) is 70.6 Å². The van der Waals surface area contributed by atoms with Crippen molar-refractivity contribution >= 4 is 49.5 Å². The largest absolute Gasteiger partial charge is 0.368 e. The second-order valence-electron chi connectivity index (χ2n) is 9.99. The van der Waals surface area contributed by atoms with Gasteiger partial charge in [-0.15, -0.1) is 5.10 Å². The Labute approximate surface area is 232 Å². The third-order valence-electron chi connectivity index (χ3n) is 7.44. The van der Waals surface area contributed by atoms with Crippen LogP contribution in [0.3, 0.4) is 0 Å². The van der Waals surface area contributed by atoms with Gasteiger partial charge in [0.2, 0.25) is 14.9 Å². The first-order valence-electron chi connectivity index (χ1n) is 13.0. The molecule has 0 radical (unpaired) electrons. The Bertz CT molecular complexity index is 1810. The van der Waals surface area contributed by atoms with E-state index in [4.69, 9.17) is 16.6 Å². The minimum atomic E-state index is -3.93. The molecule has 0 amide bonds. The lowest BCUT2D eigenvalue weighted by molar-refractivity contribution is 0.592. The van der Waals surface area contributed by atoms with Gasteiger partial charge in [0.1, 0.15) is 5.82 Å².